The van der Waals surface area contributed by atoms with E-state index in [1.807, 2.05) is 6.92 Å². The van der Waals surface area contributed by atoms with Crippen LogP contribution in [0.4, 0.5) is 0 Å². The lowest BCUT2D eigenvalue weighted by molar-refractivity contribution is -0.214. The van der Waals surface area contributed by atoms with Crippen molar-refractivity contribution in [1.82, 2.24) is 4.90 Å². The van der Waals surface area contributed by atoms with E-state index < -0.39 is 11.9 Å². The maximum atomic E-state index is 13.0. The van der Waals surface area contributed by atoms with E-state index in [0.29, 0.717) is 23.2 Å². The Bertz CT molecular complexity index is 1000. The molecule has 1 spiro atoms. The van der Waals surface area contributed by atoms with Crippen molar-refractivity contribution >= 4 is 11.9 Å². The second-order valence-corrected chi connectivity index (χ2v) is 14.7. The summed E-state index contributed by atoms with van der Waals surface area (Å²) in [5.74, 6) is 3.16. The highest BCUT2D eigenvalue weighted by molar-refractivity contribution is 5.74. The Hall–Kier alpha value is -1.50. The van der Waals surface area contributed by atoms with Crippen LogP contribution in [0.5, 0.6) is 0 Å². The van der Waals surface area contributed by atoms with E-state index in [2.05, 4.69) is 25.9 Å². The predicted molar refractivity (Wildman–Crippen MR) is 143 cm³/mol. The van der Waals surface area contributed by atoms with Crippen molar-refractivity contribution in [3.63, 3.8) is 0 Å². The third-order valence-electron chi connectivity index (χ3n) is 13.2. The predicted octanol–water partition coefficient (Wildman–Crippen LogP) is 6.29. The summed E-state index contributed by atoms with van der Waals surface area (Å²) in [4.78, 5) is 38.2. The topological polar surface area (TPSA) is 85.3 Å². The molecule has 212 valence electrons. The van der Waals surface area contributed by atoms with Gasteiger partial charge in [-0.05, 0) is 110 Å². The van der Waals surface area contributed by atoms with Crippen molar-refractivity contribution in [3.05, 3.63) is 4.91 Å². The lowest BCUT2D eigenvalue weighted by Crippen LogP contribution is -2.63. The van der Waals surface area contributed by atoms with E-state index in [4.69, 9.17) is 9.47 Å². The van der Waals surface area contributed by atoms with Crippen LogP contribution in [0, 0.1) is 57.2 Å². The minimum atomic E-state index is -0.699. The summed E-state index contributed by atoms with van der Waals surface area (Å²) in [5, 5.41) is 3.45. The van der Waals surface area contributed by atoms with Crippen LogP contribution in [0.1, 0.15) is 106 Å². The highest BCUT2D eigenvalue weighted by atomic mass is 16.5. The van der Waals surface area contributed by atoms with Crippen LogP contribution in [0.3, 0.4) is 0 Å². The molecule has 13 unspecified atom stereocenters. The standard InChI is InChI=1S/C31H48N2O5/c1-17-9-14-31(33(19(3)34)28(17)32-36)18(2)27-26(38-31)16-25-23-8-7-21-15-22(37-20(4)35)10-12-29(21,5)24(23)11-13-30(25,27)6/h17-18,21-28H,7-16H2,1-6H3. The molecule has 6 rings (SSSR count). The van der Waals surface area contributed by atoms with Crippen LogP contribution < -0.4 is 0 Å². The normalized spacial score (nSPS) is 53.5. The zero-order valence-electron chi connectivity index (χ0n) is 24.3. The quantitative estimate of drug-likeness (QED) is 0.311. The summed E-state index contributed by atoms with van der Waals surface area (Å²) < 4.78 is 12.7. The highest BCUT2D eigenvalue weighted by Crippen LogP contribution is 2.71. The average Bonchev–Trinajstić information content (AvgIpc) is 3.30. The molecule has 0 aromatic carbocycles. The molecule has 13 atom stereocenters. The second-order valence-electron chi connectivity index (χ2n) is 14.7. The SMILES string of the molecule is CC(=O)OC1CCC2(C)C(CCC3C2CCC2(C)C3CC3OC4(CCC(C)C(N=O)N4C(C)=O)C(C)C32)C1. The van der Waals surface area contributed by atoms with Crippen molar-refractivity contribution in [2.75, 3.05) is 0 Å². The molecular formula is C31H48N2O5. The fraction of sp³-hybridized carbons (Fsp3) is 0.935. The highest BCUT2D eigenvalue weighted by Gasteiger charge is 2.71. The Labute approximate surface area is 228 Å². The lowest BCUT2D eigenvalue weighted by Gasteiger charge is -2.61. The molecule has 4 aliphatic carbocycles. The van der Waals surface area contributed by atoms with Gasteiger partial charge in [-0.2, -0.15) is 0 Å². The Morgan fingerprint density at radius 2 is 1.66 bits per heavy atom. The minimum Gasteiger partial charge on any atom is -0.463 e. The number of nitroso groups, excluding NO2 is 1. The Balaban J connectivity index is 1.25. The van der Waals surface area contributed by atoms with Gasteiger partial charge in [0.15, 0.2) is 6.17 Å². The van der Waals surface area contributed by atoms with Gasteiger partial charge in [-0.15, -0.1) is 4.91 Å². The molecule has 2 saturated heterocycles. The van der Waals surface area contributed by atoms with Crippen molar-refractivity contribution in [2.24, 2.45) is 57.4 Å². The van der Waals surface area contributed by atoms with Gasteiger partial charge in [0.2, 0.25) is 5.91 Å². The summed E-state index contributed by atoms with van der Waals surface area (Å²) in [6.45, 7) is 12.5. The molecule has 6 fully saturated rings. The largest absolute Gasteiger partial charge is 0.463 e. The number of ether oxygens (including phenoxy) is 2. The van der Waals surface area contributed by atoms with E-state index in [-0.39, 0.29) is 41.3 Å². The maximum absolute atomic E-state index is 13.0. The van der Waals surface area contributed by atoms with Gasteiger partial charge in [-0.1, -0.05) is 27.7 Å². The number of carbonyl (C=O) groups excluding carboxylic acids is 2. The average molecular weight is 529 g/mol. The van der Waals surface area contributed by atoms with Gasteiger partial charge in [-0.3, -0.25) is 14.5 Å². The molecular weight excluding hydrogens is 480 g/mol. The van der Waals surface area contributed by atoms with Gasteiger partial charge in [0.1, 0.15) is 11.8 Å². The number of fused-ring (bicyclic) bond motifs is 7. The number of piperidine rings is 1. The molecule has 0 radical (unpaired) electrons. The number of amides is 1. The zero-order valence-corrected chi connectivity index (χ0v) is 24.3. The summed E-state index contributed by atoms with van der Waals surface area (Å²) in [6.07, 6.45) is 10.5. The fourth-order valence-corrected chi connectivity index (χ4v) is 11.6. The van der Waals surface area contributed by atoms with Gasteiger partial charge in [-0.25, -0.2) is 0 Å². The number of esters is 1. The summed E-state index contributed by atoms with van der Waals surface area (Å²) in [6, 6.07) is 0. The molecule has 6 aliphatic rings. The first-order valence-corrected chi connectivity index (χ1v) is 15.4. The van der Waals surface area contributed by atoms with Crippen LogP contribution in [0.2, 0.25) is 0 Å². The molecule has 0 aromatic rings. The van der Waals surface area contributed by atoms with Gasteiger partial charge < -0.3 is 9.47 Å². The van der Waals surface area contributed by atoms with Crippen molar-refractivity contribution < 1.29 is 19.1 Å². The van der Waals surface area contributed by atoms with Crippen molar-refractivity contribution in [1.29, 1.82) is 0 Å². The summed E-state index contributed by atoms with van der Waals surface area (Å²) in [7, 11) is 0. The number of hydrogen-bond acceptors (Lipinski definition) is 6. The first-order chi connectivity index (χ1) is 18.0. The first-order valence-electron chi connectivity index (χ1n) is 15.4. The fourth-order valence-electron chi connectivity index (χ4n) is 11.6. The van der Waals surface area contributed by atoms with Crippen LogP contribution in [0.25, 0.3) is 0 Å². The third-order valence-corrected chi connectivity index (χ3v) is 13.2. The van der Waals surface area contributed by atoms with Crippen LogP contribution in [-0.2, 0) is 19.1 Å². The molecule has 0 N–H and O–H groups in total. The number of carbonyl (C=O) groups is 2. The van der Waals surface area contributed by atoms with Gasteiger partial charge in [0.05, 0.1) is 6.10 Å². The smallest absolute Gasteiger partial charge is 0.302 e. The Kier molecular flexibility index (Phi) is 6.33. The maximum Gasteiger partial charge on any atom is 0.302 e. The van der Waals surface area contributed by atoms with E-state index in [1.165, 1.54) is 32.6 Å². The third kappa shape index (κ3) is 3.55. The summed E-state index contributed by atoms with van der Waals surface area (Å²) >= 11 is 0. The molecule has 1 amide bonds. The van der Waals surface area contributed by atoms with Gasteiger partial charge in [0.25, 0.3) is 0 Å². The number of likely N-dealkylation sites (tertiary alicyclic amines) is 1. The molecule has 0 aromatic heterocycles. The minimum absolute atomic E-state index is 0.0592. The van der Waals surface area contributed by atoms with E-state index in [1.54, 1.807) is 11.8 Å². The monoisotopic (exact) mass is 528 g/mol. The van der Waals surface area contributed by atoms with E-state index >= 15 is 0 Å². The summed E-state index contributed by atoms with van der Waals surface area (Å²) in [5.41, 5.74) is -0.168. The van der Waals surface area contributed by atoms with E-state index in [0.717, 1.165) is 50.4 Å². The van der Waals surface area contributed by atoms with Crippen LogP contribution in [-0.4, -0.2) is 40.9 Å². The van der Waals surface area contributed by atoms with Gasteiger partial charge >= 0.3 is 5.97 Å². The lowest BCUT2D eigenvalue weighted by atomic mass is 9.44. The van der Waals surface area contributed by atoms with Gasteiger partial charge in [0, 0.05) is 25.7 Å². The Morgan fingerprint density at radius 1 is 0.921 bits per heavy atom. The molecule has 7 nitrogen and oxygen atoms in total. The molecule has 2 heterocycles. The Morgan fingerprint density at radius 3 is 2.34 bits per heavy atom. The number of hydrogen-bond donors (Lipinski definition) is 0. The number of rotatable bonds is 2. The molecule has 4 saturated carbocycles. The number of nitrogens with zero attached hydrogens (tertiary/aromatic N) is 2. The van der Waals surface area contributed by atoms with Crippen LogP contribution >= 0.6 is 0 Å². The first kappa shape index (κ1) is 26.7. The van der Waals surface area contributed by atoms with Crippen molar-refractivity contribution in [2.45, 2.75) is 130 Å². The van der Waals surface area contributed by atoms with E-state index in [9.17, 15) is 14.5 Å². The van der Waals surface area contributed by atoms with Crippen LogP contribution in [0.15, 0.2) is 5.18 Å². The zero-order chi connectivity index (χ0) is 27.2. The molecule has 2 aliphatic heterocycles. The van der Waals surface area contributed by atoms with Crippen molar-refractivity contribution in [3.8, 4) is 0 Å². The second kappa shape index (κ2) is 9.01. The molecule has 38 heavy (non-hydrogen) atoms. The molecule has 7 heteroatoms. The molecule has 0 bridgehead atoms.